The van der Waals surface area contributed by atoms with Gasteiger partial charge in [-0.25, -0.2) is 4.79 Å². The Kier molecular flexibility index (Phi) is 10.4. The van der Waals surface area contributed by atoms with Gasteiger partial charge < -0.3 is 41.7 Å². The van der Waals surface area contributed by atoms with E-state index in [-0.39, 0.29) is 31.6 Å². The molecule has 1 heterocycles. The Bertz CT molecular complexity index is 1030. The molecule has 1 aromatic rings. The van der Waals surface area contributed by atoms with Gasteiger partial charge in [-0.15, -0.1) is 0 Å². The number of likely N-dealkylation sites (tertiary alicyclic amines) is 1. The van der Waals surface area contributed by atoms with Gasteiger partial charge >= 0.3 is 17.9 Å². The average molecular weight is 523 g/mol. The number of phenolic OH excluding ortho intramolecular Hbond substituents is 1. The number of carbonyl (C=O) groups is 6. The maximum atomic E-state index is 13.3. The predicted octanol–water partition coefficient (Wildman–Crippen LogP) is -1.35. The van der Waals surface area contributed by atoms with Crippen molar-refractivity contribution >= 4 is 35.6 Å². The number of hydrogen-bond acceptors (Lipinski definition) is 8. The molecular weight excluding hydrogens is 492 g/mol. The van der Waals surface area contributed by atoms with Crippen molar-refractivity contribution in [3.63, 3.8) is 0 Å². The maximum Gasteiger partial charge on any atom is 0.326 e. The third-order valence-electron chi connectivity index (χ3n) is 5.83. The Hall–Kier alpha value is -4.20. The number of carboxylic acids is 3. The molecule has 1 aromatic carbocycles. The third-order valence-corrected chi connectivity index (χ3v) is 5.83. The Morgan fingerprint density at radius 1 is 0.946 bits per heavy atom. The van der Waals surface area contributed by atoms with E-state index in [9.17, 15) is 44.1 Å². The summed E-state index contributed by atoms with van der Waals surface area (Å²) in [6.07, 6.45) is -0.976. The van der Waals surface area contributed by atoms with Gasteiger partial charge in [0.15, 0.2) is 0 Å². The molecule has 0 saturated carbocycles. The second kappa shape index (κ2) is 13.2. The van der Waals surface area contributed by atoms with Crippen LogP contribution in [0.4, 0.5) is 0 Å². The van der Waals surface area contributed by atoms with E-state index >= 15 is 0 Å². The normalized spacial score (nSPS) is 17.3. The SMILES string of the molecule is NC(CCC(=O)O)C(=O)NC(CC(=O)O)C(=O)NC(Cc1ccc(O)cc1)C(=O)N1CCCC1C(=O)O. The number of aliphatic carboxylic acids is 3. The second-order valence-corrected chi connectivity index (χ2v) is 8.66. The molecule has 0 spiro atoms. The number of phenols is 1. The zero-order valence-electron chi connectivity index (χ0n) is 19.8. The minimum atomic E-state index is -1.65. The van der Waals surface area contributed by atoms with Crippen molar-refractivity contribution in [3.8, 4) is 5.75 Å². The van der Waals surface area contributed by atoms with E-state index in [1.165, 1.54) is 24.3 Å². The summed E-state index contributed by atoms with van der Waals surface area (Å²) in [6, 6.07) is 0.345. The van der Waals surface area contributed by atoms with Crippen molar-refractivity contribution < 1.29 is 49.2 Å². The third kappa shape index (κ3) is 8.75. The van der Waals surface area contributed by atoms with Gasteiger partial charge in [0.1, 0.15) is 23.9 Å². The monoisotopic (exact) mass is 522 g/mol. The Morgan fingerprint density at radius 3 is 2.14 bits per heavy atom. The van der Waals surface area contributed by atoms with Crippen LogP contribution < -0.4 is 16.4 Å². The first-order chi connectivity index (χ1) is 17.4. The molecule has 14 heteroatoms. The van der Waals surface area contributed by atoms with Crippen LogP contribution >= 0.6 is 0 Å². The van der Waals surface area contributed by atoms with Gasteiger partial charge in [0.2, 0.25) is 17.7 Å². The summed E-state index contributed by atoms with van der Waals surface area (Å²) in [5.74, 6) is -6.55. The zero-order chi connectivity index (χ0) is 27.7. The molecule has 0 aliphatic carbocycles. The summed E-state index contributed by atoms with van der Waals surface area (Å²) in [7, 11) is 0. The van der Waals surface area contributed by atoms with Crippen LogP contribution in [0.1, 0.15) is 37.7 Å². The molecule has 4 atom stereocenters. The molecule has 14 nitrogen and oxygen atoms in total. The van der Waals surface area contributed by atoms with E-state index in [2.05, 4.69) is 10.6 Å². The topological polar surface area (TPSA) is 237 Å². The minimum absolute atomic E-state index is 0.0374. The first kappa shape index (κ1) is 29.0. The van der Waals surface area contributed by atoms with Crippen LogP contribution in [0.5, 0.6) is 5.75 Å². The number of aromatic hydroxyl groups is 1. The van der Waals surface area contributed by atoms with Gasteiger partial charge in [0, 0.05) is 19.4 Å². The number of nitrogens with two attached hydrogens (primary N) is 1. The van der Waals surface area contributed by atoms with Crippen LogP contribution in [-0.4, -0.2) is 91.7 Å². The van der Waals surface area contributed by atoms with E-state index in [0.717, 1.165) is 4.90 Å². The number of amides is 3. The lowest BCUT2D eigenvalue weighted by atomic mass is 10.0. The van der Waals surface area contributed by atoms with Crippen LogP contribution in [0.3, 0.4) is 0 Å². The Morgan fingerprint density at radius 2 is 1.57 bits per heavy atom. The van der Waals surface area contributed by atoms with Crippen molar-refractivity contribution in [2.45, 2.75) is 62.7 Å². The van der Waals surface area contributed by atoms with E-state index in [0.29, 0.717) is 12.0 Å². The molecular formula is C23H30N4O10. The van der Waals surface area contributed by atoms with Gasteiger partial charge in [-0.1, -0.05) is 12.1 Å². The van der Waals surface area contributed by atoms with Crippen molar-refractivity contribution in [3.05, 3.63) is 29.8 Å². The van der Waals surface area contributed by atoms with Crippen molar-refractivity contribution in [1.82, 2.24) is 15.5 Å². The predicted molar refractivity (Wildman–Crippen MR) is 125 cm³/mol. The summed E-state index contributed by atoms with van der Waals surface area (Å²) in [5, 5.41) is 41.6. The summed E-state index contributed by atoms with van der Waals surface area (Å²) < 4.78 is 0. The van der Waals surface area contributed by atoms with Crippen molar-refractivity contribution in [1.29, 1.82) is 0 Å². The standard InChI is InChI=1S/C23H30N4O10/c24-14(7-8-18(29)30)20(33)25-15(11-19(31)32)21(34)26-16(10-12-3-5-13(28)6-4-12)22(35)27-9-1-2-17(27)23(36)37/h3-6,14-17,28H,1-2,7-11,24H2,(H,25,33)(H,26,34)(H,29,30)(H,31,32)(H,36,37). The molecule has 4 unspecified atom stereocenters. The number of carbonyl (C=O) groups excluding carboxylic acids is 3. The molecule has 1 saturated heterocycles. The second-order valence-electron chi connectivity index (χ2n) is 8.66. The molecule has 1 fully saturated rings. The van der Waals surface area contributed by atoms with Gasteiger partial charge in [-0.2, -0.15) is 0 Å². The van der Waals surface area contributed by atoms with Gasteiger partial charge in [-0.05, 0) is 37.0 Å². The number of hydrogen-bond donors (Lipinski definition) is 7. The quantitative estimate of drug-likeness (QED) is 0.160. The maximum absolute atomic E-state index is 13.3. The fourth-order valence-corrected chi connectivity index (χ4v) is 3.90. The van der Waals surface area contributed by atoms with Gasteiger partial charge in [0.05, 0.1) is 12.5 Å². The lowest BCUT2D eigenvalue weighted by Gasteiger charge is -2.29. The van der Waals surface area contributed by atoms with Crippen molar-refractivity contribution in [2.24, 2.45) is 5.73 Å². The van der Waals surface area contributed by atoms with Crippen LogP contribution in [0.15, 0.2) is 24.3 Å². The highest BCUT2D eigenvalue weighted by molar-refractivity contribution is 5.96. The van der Waals surface area contributed by atoms with Crippen LogP contribution in [0.2, 0.25) is 0 Å². The first-order valence-electron chi connectivity index (χ1n) is 11.5. The van der Waals surface area contributed by atoms with E-state index in [1.807, 2.05) is 0 Å². The number of nitrogens with one attached hydrogen (secondary N) is 2. The first-order valence-corrected chi connectivity index (χ1v) is 11.5. The molecule has 1 aliphatic rings. The van der Waals surface area contributed by atoms with E-state index in [4.69, 9.17) is 10.8 Å². The lowest BCUT2D eigenvalue weighted by molar-refractivity contribution is -0.149. The molecule has 202 valence electrons. The highest BCUT2D eigenvalue weighted by Gasteiger charge is 2.38. The molecule has 2 rings (SSSR count). The molecule has 3 amide bonds. The Labute approximate surface area is 211 Å². The van der Waals surface area contributed by atoms with E-state index < -0.39 is 72.6 Å². The largest absolute Gasteiger partial charge is 0.508 e. The molecule has 0 bridgehead atoms. The molecule has 1 aliphatic heterocycles. The van der Waals surface area contributed by atoms with Crippen LogP contribution in [-0.2, 0) is 35.2 Å². The lowest BCUT2D eigenvalue weighted by Crippen LogP contribution is -2.58. The van der Waals surface area contributed by atoms with Crippen LogP contribution in [0.25, 0.3) is 0 Å². The number of carboxylic acid groups (broad SMARTS) is 3. The summed E-state index contributed by atoms with van der Waals surface area (Å²) >= 11 is 0. The highest BCUT2D eigenvalue weighted by Crippen LogP contribution is 2.20. The minimum Gasteiger partial charge on any atom is -0.508 e. The number of benzene rings is 1. The summed E-state index contributed by atoms with van der Waals surface area (Å²) in [6.45, 7) is 0.144. The fraction of sp³-hybridized carbons (Fsp3) is 0.478. The smallest absolute Gasteiger partial charge is 0.326 e. The molecule has 8 N–H and O–H groups in total. The molecule has 0 aromatic heterocycles. The summed E-state index contributed by atoms with van der Waals surface area (Å²) in [4.78, 5) is 73.5. The Balaban J connectivity index is 2.25. The molecule has 37 heavy (non-hydrogen) atoms. The number of rotatable bonds is 13. The van der Waals surface area contributed by atoms with Gasteiger partial charge in [0.25, 0.3) is 0 Å². The zero-order valence-corrected chi connectivity index (χ0v) is 19.8. The number of nitrogens with zero attached hydrogens (tertiary/aromatic N) is 1. The molecule has 0 radical (unpaired) electrons. The van der Waals surface area contributed by atoms with E-state index in [1.54, 1.807) is 0 Å². The van der Waals surface area contributed by atoms with Crippen LogP contribution in [0, 0.1) is 0 Å². The summed E-state index contributed by atoms with van der Waals surface area (Å²) in [5.41, 5.74) is 6.15. The van der Waals surface area contributed by atoms with Gasteiger partial charge in [-0.3, -0.25) is 24.0 Å². The van der Waals surface area contributed by atoms with Crippen molar-refractivity contribution in [2.75, 3.05) is 6.54 Å². The average Bonchev–Trinajstić information content (AvgIpc) is 3.32. The highest BCUT2D eigenvalue weighted by atomic mass is 16.4. The fourth-order valence-electron chi connectivity index (χ4n) is 3.90.